The SMILES string of the molecule is Nc1ccc([N+](=O)[O-])cc1N=Nc1scc(-c2ccccc2O)c1C(=O)O. The average molecular weight is 384 g/mol. The van der Waals surface area contributed by atoms with Gasteiger partial charge in [0.25, 0.3) is 5.69 Å². The number of azo groups is 1. The summed E-state index contributed by atoms with van der Waals surface area (Å²) in [6.07, 6.45) is 0. The Bertz CT molecular complexity index is 1080. The predicted molar refractivity (Wildman–Crippen MR) is 100 cm³/mol. The number of nitrogens with zero attached hydrogens (tertiary/aromatic N) is 3. The minimum atomic E-state index is -1.24. The van der Waals surface area contributed by atoms with Crippen LogP contribution in [0.15, 0.2) is 58.1 Å². The van der Waals surface area contributed by atoms with E-state index in [9.17, 15) is 25.1 Å². The number of nitro benzene ring substituents is 1. The molecule has 0 atom stereocenters. The van der Waals surface area contributed by atoms with Crippen LogP contribution in [0, 0.1) is 10.1 Å². The van der Waals surface area contributed by atoms with Gasteiger partial charge in [-0.15, -0.1) is 21.6 Å². The number of phenols is 1. The summed E-state index contributed by atoms with van der Waals surface area (Å²) in [5, 5.41) is 39.8. The molecule has 0 spiro atoms. The van der Waals surface area contributed by atoms with Crippen LogP contribution in [0.4, 0.5) is 22.1 Å². The number of aromatic carboxylic acids is 1. The molecular formula is C17H12N4O5S. The zero-order valence-electron chi connectivity index (χ0n) is 13.6. The average Bonchev–Trinajstić information content (AvgIpc) is 3.05. The van der Waals surface area contributed by atoms with Gasteiger partial charge in [-0.3, -0.25) is 10.1 Å². The topological polar surface area (TPSA) is 151 Å². The van der Waals surface area contributed by atoms with Crippen molar-refractivity contribution >= 4 is 39.4 Å². The molecule has 3 aromatic rings. The number of hydrogen-bond donors (Lipinski definition) is 3. The van der Waals surface area contributed by atoms with Crippen LogP contribution in [0.5, 0.6) is 5.75 Å². The Morgan fingerprint density at radius 1 is 1.15 bits per heavy atom. The van der Waals surface area contributed by atoms with E-state index in [1.165, 1.54) is 18.2 Å². The lowest BCUT2D eigenvalue weighted by Crippen LogP contribution is -1.96. The monoisotopic (exact) mass is 384 g/mol. The lowest BCUT2D eigenvalue weighted by molar-refractivity contribution is -0.384. The summed E-state index contributed by atoms with van der Waals surface area (Å²) in [5.41, 5.74) is 6.27. The molecule has 0 fully saturated rings. The predicted octanol–water partition coefficient (Wildman–Crippen LogP) is 4.72. The number of carboxylic acids is 1. The quantitative estimate of drug-likeness (QED) is 0.250. The van der Waals surface area contributed by atoms with Crippen molar-refractivity contribution in [3.05, 3.63) is 63.5 Å². The Morgan fingerprint density at radius 3 is 2.56 bits per heavy atom. The van der Waals surface area contributed by atoms with Gasteiger partial charge in [0.1, 0.15) is 17.0 Å². The molecule has 1 heterocycles. The largest absolute Gasteiger partial charge is 0.507 e. The molecule has 0 saturated heterocycles. The van der Waals surface area contributed by atoms with Crippen LogP contribution in [0.1, 0.15) is 10.4 Å². The molecule has 0 saturated carbocycles. The maximum absolute atomic E-state index is 11.7. The molecule has 0 bridgehead atoms. The number of para-hydroxylation sites is 1. The van der Waals surface area contributed by atoms with Crippen LogP contribution in [0.25, 0.3) is 11.1 Å². The number of nitro groups is 1. The van der Waals surface area contributed by atoms with E-state index in [1.54, 1.807) is 23.6 Å². The van der Waals surface area contributed by atoms with Crippen molar-refractivity contribution in [2.24, 2.45) is 10.2 Å². The van der Waals surface area contributed by atoms with Gasteiger partial charge in [-0.1, -0.05) is 18.2 Å². The highest BCUT2D eigenvalue weighted by Crippen LogP contribution is 2.41. The van der Waals surface area contributed by atoms with Crippen molar-refractivity contribution in [1.29, 1.82) is 0 Å². The van der Waals surface area contributed by atoms with Crippen LogP contribution >= 0.6 is 11.3 Å². The highest BCUT2D eigenvalue weighted by Gasteiger charge is 2.21. The van der Waals surface area contributed by atoms with Gasteiger partial charge in [0, 0.05) is 28.6 Å². The normalized spacial score (nSPS) is 11.0. The molecule has 0 aliphatic rings. The molecule has 136 valence electrons. The van der Waals surface area contributed by atoms with Gasteiger partial charge < -0.3 is 15.9 Å². The van der Waals surface area contributed by atoms with E-state index in [1.807, 2.05) is 0 Å². The van der Waals surface area contributed by atoms with E-state index in [2.05, 4.69) is 10.2 Å². The Morgan fingerprint density at radius 2 is 1.89 bits per heavy atom. The number of carbonyl (C=O) groups is 1. The Kier molecular flexibility index (Phi) is 4.81. The van der Waals surface area contributed by atoms with E-state index in [-0.39, 0.29) is 33.4 Å². The van der Waals surface area contributed by atoms with Gasteiger partial charge in [0.05, 0.1) is 10.6 Å². The Balaban J connectivity index is 2.05. The maximum atomic E-state index is 11.7. The van der Waals surface area contributed by atoms with Crippen LogP contribution in [0.2, 0.25) is 0 Å². The van der Waals surface area contributed by atoms with Crippen molar-refractivity contribution in [2.75, 3.05) is 5.73 Å². The first-order valence-corrected chi connectivity index (χ1v) is 8.35. The number of non-ortho nitro benzene ring substituents is 1. The van der Waals surface area contributed by atoms with Crippen molar-refractivity contribution in [2.45, 2.75) is 0 Å². The summed E-state index contributed by atoms with van der Waals surface area (Å²) >= 11 is 1.02. The van der Waals surface area contributed by atoms with E-state index >= 15 is 0 Å². The van der Waals surface area contributed by atoms with Gasteiger partial charge in [0.15, 0.2) is 5.00 Å². The van der Waals surface area contributed by atoms with Crippen molar-refractivity contribution in [1.82, 2.24) is 0 Å². The third-order valence-corrected chi connectivity index (χ3v) is 4.52. The highest BCUT2D eigenvalue weighted by molar-refractivity contribution is 7.14. The van der Waals surface area contributed by atoms with Crippen LogP contribution in [-0.2, 0) is 0 Å². The molecular weight excluding hydrogens is 372 g/mol. The molecule has 0 amide bonds. The van der Waals surface area contributed by atoms with Gasteiger partial charge in [-0.2, -0.15) is 0 Å². The fourth-order valence-electron chi connectivity index (χ4n) is 2.36. The second-order valence-electron chi connectivity index (χ2n) is 5.35. The van der Waals surface area contributed by atoms with Gasteiger partial charge in [0.2, 0.25) is 0 Å². The van der Waals surface area contributed by atoms with E-state index in [0.717, 1.165) is 17.4 Å². The van der Waals surface area contributed by atoms with Gasteiger partial charge in [-0.25, -0.2) is 4.79 Å². The number of nitrogen functional groups attached to an aromatic ring is 1. The Labute approximate surface area is 156 Å². The second-order valence-corrected chi connectivity index (χ2v) is 6.21. The summed E-state index contributed by atoms with van der Waals surface area (Å²) in [6.45, 7) is 0. The summed E-state index contributed by atoms with van der Waals surface area (Å²) < 4.78 is 0. The zero-order valence-corrected chi connectivity index (χ0v) is 14.4. The summed E-state index contributed by atoms with van der Waals surface area (Å²) in [7, 11) is 0. The number of benzene rings is 2. The number of thiophene rings is 1. The third kappa shape index (κ3) is 3.60. The smallest absolute Gasteiger partial charge is 0.339 e. The van der Waals surface area contributed by atoms with E-state index < -0.39 is 10.9 Å². The zero-order chi connectivity index (χ0) is 19.6. The molecule has 3 rings (SSSR count). The van der Waals surface area contributed by atoms with E-state index in [0.29, 0.717) is 11.1 Å². The number of anilines is 1. The first-order chi connectivity index (χ1) is 12.9. The number of nitrogens with two attached hydrogens (primary N) is 1. The molecule has 1 aromatic heterocycles. The van der Waals surface area contributed by atoms with Crippen molar-refractivity contribution in [3.63, 3.8) is 0 Å². The first-order valence-electron chi connectivity index (χ1n) is 7.47. The standard InChI is InChI=1S/C17H12N4O5S/c18-12-6-5-9(21(25)26)7-13(12)19-20-16-15(17(23)24)11(8-27-16)10-3-1-2-4-14(10)22/h1-8,22H,18H2,(H,23,24). The molecule has 4 N–H and O–H groups in total. The Hall–Kier alpha value is -3.79. The lowest BCUT2D eigenvalue weighted by Gasteiger charge is -2.04. The minimum absolute atomic E-state index is 0.0537. The second kappa shape index (κ2) is 7.22. The van der Waals surface area contributed by atoms with Gasteiger partial charge in [-0.05, 0) is 12.1 Å². The number of carboxylic acid groups (broad SMARTS) is 1. The third-order valence-electron chi connectivity index (χ3n) is 3.65. The summed E-state index contributed by atoms with van der Waals surface area (Å²) in [5.74, 6) is -1.31. The first kappa shape index (κ1) is 18.0. The maximum Gasteiger partial charge on any atom is 0.339 e. The molecule has 10 heteroatoms. The van der Waals surface area contributed by atoms with E-state index in [4.69, 9.17) is 5.73 Å². The number of phenolic OH excluding ortho intramolecular Hbond substituents is 1. The van der Waals surface area contributed by atoms with Crippen LogP contribution in [0.3, 0.4) is 0 Å². The van der Waals surface area contributed by atoms with Crippen molar-refractivity contribution in [3.8, 4) is 16.9 Å². The molecule has 27 heavy (non-hydrogen) atoms. The molecule has 9 nitrogen and oxygen atoms in total. The summed E-state index contributed by atoms with van der Waals surface area (Å²) in [6, 6.07) is 10.0. The highest BCUT2D eigenvalue weighted by atomic mass is 32.1. The van der Waals surface area contributed by atoms with Crippen LogP contribution < -0.4 is 5.73 Å². The molecule has 0 aliphatic carbocycles. The van der Waals surface area contributed by atoms with Crippen LogP contribution in [-0.4, -0.2) is 21.1 Å². The molecule has 0 unspecified atom stereocenters. The lowest BCUT2D eigenvalue weighted by atomic mass is 10.0. The fraction of sp³-hybridized carbons (Fsp3) is 0. The number of hydrogen-bond acceptors (Lipinski definition) is 8. The summed E-state index contributed by atoms with van der Waals surface area (Å²) in [4.78, 5) is 22.0. The van der Waals surface area contributed by atoms with Crippen molar-refractivity contribution < 1.29 is 19.9 Å². The number of rotatable bonds is 5. The van der Waals surface area contributed by atoms with Gasteiger partial charge >= 0.3 is 5.97 Å². The number of aromatic hydroxyl groups is 1. The fourth-order valence-corrected chi connectivity index (χ4v) is 3.24. The molecule has 0 radical (unpaired) electrons. The minimum Gasteiger partial charge on any atom is -0.507 e. The molecule has 0 aliphatic heterocycles. The molecule has 2 aromatic carbocycles.